The van der Waals surface area contributed by atoms with Gasteiger partial charge in [0.05, 0.1) is 12.1 Å². The summed E-state index contributed by atoms with van der Waals surface area (Å²) in [5, 5.41) is 1.29. The zero-order chi connectivity index (χ0) is 14.4. The van der Waals surface area contributed by atoms with E-state index in [9.17, 15) is 0 Å². The van der Waals surface area contributed by atoms with Gasteiger partial charge >= 0.3 is 0 Å². The van der Waals surface area contributed by atoms with E-state index in [-0.39, 0.29) is 0 Å². The summed E-state index contributed by atoms with van der Waals surface area (Å²) < 4.78 is 8.01. The highest BCUT2D eigenvalue weighted by Gasteiger charge is 2.06. The fourth-order valence-electron chi connectivity index (χ4n) is 2.47. The molecule has 0 radical (unpaired) electrons. The number of benzene rings is 1. The second-order valence-electron chi connectivity index (χ2n) is 5.70. The number of para-hydroxylation sites is 1. The van der Waals surface area contributed by atoms with Crippen molar-refractivity contribution < 1.29 is 4.74 Å². The molecule has 3 nitrogen and oxygen atoms in total. The van der Waals surface area contributed by atoms with Crippen molar-refractivity contribution in [3.05, 3.63) is 36.0 Å². The van der Waals surface area contributed by atoms with Gasteiger partial charge in [0.1, 0.15) is 0 Å². The van der Waals surface area contributed by atoms with Gasteiger partial charge in [-0.15, -0.1) is 0 Å². The van der Waals surface area contributed by atoms with E-state index in [0.29, 0.717) is 12.5 Å². The van der Waals surface area contributed by atoms with Crippen LogP contribution in [0.2, 0.25) is 0 Å². The highest BCUT2D eigenvalue weighted by Crippen LogP contribution is 2.20. The zero-order valence-electron chi connectivity index (χ0n) is 12.6. The molecule has 1 aromatic carbocycles. The first-order chi connectivity index (χ1) is 9.72. The zero-order valence-corrected chi connectivity index (χ0v) is 12.6. The average molecular weight is 274 g/mol. The van der Waals surface area contributed by atoms with Gasteiger partial charge in [0.15, 0.2) is 0 Å². The molecule has 0 saturated carbocycles. The summed E-state index contributed by atoms with van der Waals surface area (Å²) in [6.45, 7) is 7.67. The Morgan fingerprint density at radius 1 is 1.20 bits per heavy atom. The first kappa shape index (κ1) is 15.1. The lowest BCUT2D eigenvalue weighted by Crippen LogP contribution is -2.09. The van der Waals surface area contributed by atoms with E-state index in [4.69, 9.17) is 10.5 Å². The lowest BCUT2D eigenvalue weighted by molar-refractivity contribution is 0.117. The van der Waals surface area contributed by atoms with Crippen LogP contribution in [0, 0.1) is 5.92 Å². The summed E-state index contributed by atoms with van der Waals surface area (Å²) in [6.07, 6.45) is 4.21. The molecule has 110 valence electrons. The van der Waals surface area contributed by atoms with Crippen LogP contribution in [0.25, 0.3) is 10.9 Å². The summed E-state index contributed by atoms with van der Waals surface area (Å²) >= 11 is 0. The summed E-state index contributed by atoms with van der Waals surface area (Å²) in [5.74, 6) is 0.707. The fourth-order valence-corrected chi connectivity index (χ4v) is 2.47. The second-order valence-corrected chi connectivity index (χ2v) is 5.70. The van der Waals surface area contributed by atoms with Crippen LogP contribution in [0.4, 0.5) is 0 Å². The Morgan fingerprint density at radius 2 is 2.05 bits per heavy atom. The number of aromatic nitrogens is 1. The number of hydrogen-bond acceptors (Lipinski definition) is 2. The normalized spacial score (nSPS) is 11.6. The molecule has 0 bridgehead atoms. The minimum Gasteiger partial charge on any atom is -0.380 e. The Bertz CT molecular complexity index is 531. The van der Waals surface area contributed by atoms with Gasteiger partial charge < -0.3 is 15.0 Å². The van der Waals surface area contributed by atoms with E-state index >= 15 is 0 Å². The van der Waals surface area contributed by atoms with Crippen molar-refractivity contribution in [3.63, 3.8) is 0 Å². The number of rotatable bonds is 8. The molecule has 1 aromatic heterocycles. The lowest BCUT2D eigenvalue weighted by atomic mass is 10.1. The second kappa shape index (κ2) is 7.46. The van der Waals surface area contributed by atoms with E-state index < -0.39 is 0 Å². The van der Waals surface area contributed by atoms with E-state index in [0.717, 1.165) is 32.6 Å². The maximum absolute atomic E-state index is 5.72. The average Bonchev–Trinajstić information content (AvgIpc) is 2.83. The smallest absolute Gasteiger partial charge is 0.0645 e. The van der Waals surface area contributed by atoms with Crippen LogP contribution in [0.5, 0.6) is 0 Å². The minimum absolute atomic E-state index is 0.690. The molecule has 2 rings (SSSR count). The molecule has 0 fully saturated rings. The Balaban J connectivity index is 1.99. The predicted molar refractivity (Wildman–Crippen MR) is 85.0 cm³/mol. The molecule has 3 heteroatoms. The SMILES string of the molecule is CC(C)CCOCCn1ccc2cccc(CCN)c21. The molecule has 0 spiro atoms. The first-order valence-electron chi connectivity index (χ1n) is 7.57. The van der Waals surface area contributed by atoms with E-state index in [1.54, 1.807) is 0 Å². The Morgan fingerprint density at radius 3 is 2.80 bits per heavy atom. The van der Waals surface area contributed by atoms with Crippen LogP contribution in [0.15, 0.2) is 30.5 Å². The number of nitrogens with two attached hydrogens (primary N) is 1. The third kappa shape index (κ3) is 3.84. The third-order valence-corrected chi connectivity index (χ3v) is 3.60. The van der Waals surface area contributed by atoms with Crippen molar-refractivity contribution in [2.45, 2.75) is 33.2 Å². The first-order valence-corrected chi connectivity index (χ1v) is 7.57. The van der Waals surface area contributed by atoms with Crippen LogP contribution in [-0.4, -0.2) is 24.3 Å². The fraction of sp³-hybridized carbons (Fsp3) is 0.529. The molecule has 0 amide bonds. The molecule has 0 aliphatic carbocycles. The summed E-state index contributed by atoms with van der Waals surface area (Å²) in [7, 11) is 0. The topological polar surface area (TPSA) is 40.2 Å². The molecule has 20 heavy (non-hydrogen) atoms. The number of fused-ring (bicyclic) bond motifs is 1. The molecule has 0 aliphatic rings. The molecule has 0 saturated heterocycles. The van der Waals surface area contributed by atoms with Crippen molar-refractivity contribution >= 4 is 10.9 Å². The quantitative estimate of drug-likeness (QED) is 0.751. The maximum Gasteiger partial charge on any atom is 0.0645 e. The number of ether oxygens (including phenoxy) is 1. The van der Waals surface area contributed by atoms with Crippen molar-refractivity contribution in [2.24, 2.45) is 11.7 Å². The minimum atomic E-state index is 0.690. The predicted octanol–water partition coefficient (Wildman–Crippen LogP) is 3.21. The van der Waals surface area contributed by atoms with Gasteiger partial charge in [-0.05, 0) is 42.3 Å². The van der Waals surface area contributed by atoms with Crippen LogP contribution in [-0.2, 0) is 17.7 Å². The van der Waals surface area contributed by atoms with Crippen LogP contribution in [0.1, 0.15) is 25.8 Å². The summed E-state index contributed by atoms with van der Waals surface area (Å²) in [5.41, 5.74) is 8.35. The Labute approximate surface area is 121 Å². The molecule has 2 N–H and O–H groups in total. The van der Waals surface area contributed by atoms with Crippen molar-refractivity contribution in [3.8, 4) is 0 Å². The highest BCUT2D eigenvalue weighted by atomic mass is 16.5. The van der Waals surface area contributed by atoms with Crippen LogP contribution < -0.4 is 5.73 Å². The van der Waals surface area contributed by atoms with Crippen molar-refractivity contribution in [1.29, 1.82) is 0 Å². The lowest BCUT2D eigenvalue weighted by Gasteiger charge is -2.10. The molecule has 0 atom stereocenters. The van der Waals surface area contributed by atoms with Gasteiger partial charge in [-0.3, -0.25) is 0 Å². The van der Waals surface area contributed by atoms with E-state index in [1.165, 1.54) is 16.5 Å². The number of hydrogen-bond donors (Lipinski definition) is 1. The summed E-state index contributed by atoms with van der Waals surface area (Å²) in [4.78, 5) is 0. The Hall–Kier alpha value is -1.32. The van der Waals surface area contributed by atoms with Gasteiger partial charge in [0, 0.05) is 19.3 Å². The molecule has 0 aliphatic heterocycles. The van der Waals surface area contributed by atoms with Crippen LogP contribution in [0.3, 0.4) is 0 Å². The maximum atomic E-state index is 5.72. The highest BCUT2D eigenvalue weighted by molar-refractivity contribution is 5.83. The standard InChI is InChI=1S/C17H26N2O/c1-14(2)8-12-20-13-11-19-10-7-16-5-3-4-15(6-9-18)17(16)19/h3-5,7,10,14H,6,8-9,11-13,18H2,1-2H3. The van der Waals surface area contributed by atoms with Gasteiger partial charge in [-0.2, -0.15) is 0 Å². The largest absolute Gasteiger partial charge is 0.380 e. The van der Waals surface area contributed by atoms with Gasteiger partial charge in [0.2, 0.25) is 0 Å². The van der Waals surface area contributed by atoms with Gasteiger partial charge in [-0.25, -0.2) is 0 Å². The molecule has 1 heterocycles. The van der Waals surface area contributed by atoms with Gasteiger partial charge in [-0.1, -0.05) is 32.0 Å². The molecular weight excluding hydrogens is 248 g/mol. The molecular formula is C17H26N2O. The molecule has 0 unspecified atom stereocenters. The number of nitrogens with zero attached hydrogens (tertiary/aromatic N) is 1. The van der Waals surface area contributed by atoms with Gasteiger partial charge in [0.25, 0.3) is 0 Å². The monoisotopic (exact) mass is 274 g/mol. The van der Waals surface area contributed by atoms with E-state index in [2.05, 4.69) is 48.9 Å². The Kier molecular flexibility index (Phi) is 5.62. The molecule has 2 aromatic rings. The van der Waals surface area contributed by atoms with Crippen LogP contribution >= 0.6 is 0 Å². The third-order valence-electron chi connectivity index (χ3n) is 3.60. The van der Waals surface area contributed by atoms with E-state index in [1.807, 2.05) is 0 Å². The summed E-state index contributed by atoms with van der Waals surface area (Å²) in [6, 6.07) is 8.61. The van der Waals surface area contributed by atoms with Crippen molar-refractivity contribution in [2.75, 3.05) is 19.8 Å². The van der Waals surface area contributed by atoms with Crippen molar-refractivity contribution in [1.82, 2.24) is 4.57 Å².